The number of carbonyl (C=O) groups excluding carboxylic acids is 1. The number of benzene rings is 1. The smallest absolute Gasteiger partial charge is 0.245 e. The third-order valence-corrected chi connectivity index (χ3v) is 2.53. The second-order valence-corrected chi connectivity index (χ2v) is 3.81. The van der Waals surface area contributed by atoms with Crippen molar-refractivity contribution in [1.82, 2.24) is 25.2 Å². The van der Waals surface area contributed by atoms with E-state index in [0.717, 1.165) is 5.69 Å². The molecule has 2 aromatic heterocycles. The van der Waals surface area contributed by atoms with Gasteiger partial charge in [-0.3, -0.25) is 9.78 Å². The molecule has 0 aliphatic rings. The summed E-state index contributed by atoms with van der Waals surface area (Å²) in [6.07, 6.45) is 3.08. The minimum absolute atomic E-state index is 0.0526. The summed E-state index contributed by atoms with van der Waals surface area (Å²) in [5, 5.41) is 11.7. The van der Waals surface area contributed by atoms with Gasteiger partial charge in [0.1, 0.15) is 0 Å². The van der Waals surface area contributed by atoms with E-state index >= 15 is 0 Å². The number of aromatic nitrogens is 5. The number of pyridine rings is 1. The van der Waals surface area contributed by atoms with Gasteiger partial charge in [0.25, 0.3) is 0 Å². The molecule has 0 spiro atoms. The van der Waals surface area contributed by atoms with E-state index in [2.05, 4.69) is 20.4 Å². The Bertz CT molecular complexity index is 693. The zero-order valence-corrected chi connectivity index (χ0v) is 9.84. The summed E-state index contributed by atoms with van der Waals surface area (Å²) in [6.45, 7) is 0. The number of para-hydroxylation sites is 1. The van der Waals surface area contributed by atoms with Crippen molar-refractivity contribution in [2.24, 2.45) is 0 Å². The van der Waals surface area contributed by atoms with E-state index in [1.54, 1.807) is 18.3 Å². The molecule has 0 amide bonds. The van der Waals surface area contributed by atoms with Gasteiger partial charge in [0.05, 0.1) is 5.69 Å². The Kier molecular flexibility index (Phi) is 2.82. The fraction of sp³-hybridized carbons (Fsp3) is 0. The lowest BCUT2D eigenvalue weighted by Gasteiger charge is -1.96. The molecular formula is C13H9N5O. The Labute approximate surface area is 108 Å². The van der Waals surface area contributed by atoms with Crippen LogP contribution in [0, 0.1) is 0 Å². The van der Waals surface area contributed by atoms with Crippen LogP contribution in [0.25, 0.3) is 5.69 Å². The molecule has 92 valence electrons. The Hall–Kier alpha value is -2.89. The maximum atomic E-state index is 12.1. The average molecular weight is 251 g/mol. The highest BCUT2D eigenvalue weighted by Crippen LogP contribution is 2.06. The fourth-order valence-corrected chi connectivity index (χ4v) is 1.60. The maximum absolute atomic E-state index is 12.1. The van der Waals surface area contributed by atoms with Crippen LogP contribution < -0.4 is 0 Å². The van der Waals surface area contributed by atoms with Crippen molar-refractivity contribution in [2.75, 3.05) is 0 Å². The van der Waals surface area contributed by atoms with Crippen molar-refractivity contribution < 1.29 is 4.79 Å². The molecule has 19 heavy (non-hydrogen) atoms. The molecule has 0 N–H and O–H groups in total. The first-order valence-electron chi connectivity index (χ1n) is 5.65. The maximum Gasteiger partial charge on any atom is 0.245 e. The SMILES string of the molecule is O=C(c1cccnc1)c1nnn(-c2ccccc2)n1. The highest BCUT2D eigenvalue weighted by Gasteiger charge is 2.15. The molecule has 0 saturated carbocycles. The average Bonchev–Trinajstić information content (AvgIpc) is 2.98. The van der Waals surface area contributed by atoms with Crippen molar-refractivity contribution in [3.63, 3.8) is 0 Å². The topological polar surface area (TPSA) is 73.6 Å². The summed E-state index contributed by atoms with van der Waals surface area (Å²) >= 11 is 0. The van der Waals surface area contributed by atoms with E-state index in [1.807, 2.05) is 30.3 Å². The Morgan fingerprint density at radius 3 is 2.63 bits per heavy atom. The monoisotopic (exact) mass is 251 g/mol. The van der Waals surface area contributed by atoms with Crippen LogP contribution in [0.15, 0.2) is 54.9 Å². The normalized spacial score (nSPS) is 10.3. The molecule has 0 atom stereocenters. The van der Waals surface area contributed by atoms with Gasteiger partial charge in [0.2, 0.25) is 11.6 Å². The first-order chi connectivity index (χ1) is 9.34. The van der Waals surface area contributed by atoms with E-state index < -0.39 is 0 Å². The van der Waals surface area contributed by atoms with Gasteiger partial charge in [0.15, 0.2) is 0 Å². The Morgan fingerprint density at radius 1 is 1.05 bits per heavy atom. The molecule has 6 nitrogen and oxygen atoms in total. The number of tetrazole rings is 1. The zero-order valence-electron chi connectivity index (χ0n) is 9.84. The molecule has 1 aromatic carbocycles. The van der Waals surface area contributed by atoms with Gasteiger partial charge in [-0.2, -0.15) is 0 Å². The molecule has 0 fully saturated rings. The molecule has 0 saturated heterocycles. The van der Waals surface area contributed by atoms with E-state index in [1.165, 1.54) is 11.0 Å². The Morgan fingerprint density at radius 2 is 1.89 bits per heavy atom. The standard InChI is InChI=1S/C13H9N5O/c19-12(10-5-4-8-14-9-10)13-15-17-18(16-13)11-6-2-1-3-7-11/h1-9H. The summed E-state index contributed by atoms with van der Waals surface area (Å²) in [5.41, 5.74) is 1.19. The molecule has 6 heteroatoms. The Balaban J connectivity index is 1.92. The van der Waals surface area contributed by atoms with Gasteiger partial charge < -0.3 is 0 Å². The van der Waals surface area contributed by atoms with E-state index in [-0.39, 0.29) is 11.6 Å². The molecule has 3 aromatic rings. The fourth-order valence-electron chi connectivity index (χ4n) is 1.60. The van der Waals surface area contributed by atoms with Crippen LogP contribution in [-0.4, -0.2) is 31.0 Å². The summed E-state index contributed by atoms with van der Waals surface area (Å²) in [6, 6.07) is 12.6. The molecule has 0 unspecified atom stereocenters. The van der Waals surface area contributed by atoms with Gasteiger partial charge in [-0.1, -0.05) is 18.2 Å². The van der Waals surface area contributed by atoms with Crippen LogP contribution in [0.1, 0.15) is 16.2 Å². The van der Waals surface area contributed by atoms with E-state index in [4.69, 9.17) is 0 Å². The van der Waals surface area contributed by atoms with Crippen LogP contribution in [0.5, 0.6) is 0 Å². The van der Waals surface area contributed by atoms with Gasteiger partial charge in [-0.25, -0.2) is 0 Å². The number of rotatable bonds is 3. The van der Waals surface area contributed by atoms with Crippen molar-refractivity contribution in [3.05, 3.63) is 66.2 Å². The van der Waals surface area contributed by atoms with Crippen LogP contribution in [0.2, 0.25) is 0 Å². The molecule has 3 rings (SSSR count). The molecular weight excluding hydrogens is 242 g/mol. The van der Waals surface area contributed by atoms with Crippen LogP contribution in [0.4, 0.5) is 0 Å². The van der Waals surface area contributed by atoms with Gasteiger partial charge >= 0.3 is 0 Å². The van der Waals surface area contributed by atoms with Crippen molar-refractivity contribution in [3.8, 4) is 5.69 Å². The molecule has 2 heterocycles. The van der Waals surface area contributed by atoms with Gasteiger partial charge in [-0.15, -0.1) is 15.0 Å². The van der Waals surface area contributed by atoms with Crippen molar-refractivity contribution >= 4 is 5.78 Å². The predicted molar refractivity (Wildman–Crippen MR) is 66.8 cm³/mol. The number of ketones is 1. The minimum atomic E-state index is -0.296. The van der Waals surface area contributed by atoms with Crippen LogP contribution in [-0.2, 0) is 0 Å². The van der Waals surface area contributed by atoms with Crippen LogP contribution >= 0.6 is 0 Å². The minimum Gasteiger partial charge on any atom is -0.285 e. The summed E-state index contributed by atoms with van der Waals surface area (Å²) in [5.74, 6) is -0.243. The molecule has 0 radical (unpaired) electrons. The highest BCUT2D eigenvalue weighted by molar-refractivity contribution is 6.06. The summed E-state index contributed by atoms with van der Waals surface area (Å²) < 4.78 is 0. The van der Waals surface area contributed by atoms with Crippen LogP contribution in [0.3, 0.4) is 0 Å². The van der Waals surface area contributed by atoms with Gasteiger partial charge in [-0.05, 0) is 29.5 Å². The second kappa shape index (κ2) is 4.77. The lowest BCUT2D eigenvalue weighted by atomic mass is 10.2. The second-order valence-electron chi connectivity index (χ2n) is 3.81. The molecule has 0 bridgehead atoms. The highest BCUT2D eigenvalue weighted by atomic mass is 16.1. The summed E-state index contributed by atoms with van der Waals surface area (Å²) in [4.78, 5) is 17.3. The van der Waals surface area contributed by atoms with Gasteiger partial charge in [0, 0.05) is 18.0 Å². The van der Waals surface area contributed by atoms with Crippen molar-refractivity contribution in [2.45, 2.75) is 0 Å². The lowest BCUT2D eigenvalue weighted by Crippen LogP contribution is -2.05. The number of hydrogen-bond donors (Lipinski definition) is 0. The summed E-state index contributed by atoms with van der Waals surface area (Å²) in [7, 11) is 0. The lowest BCUT2D eigenvalue weighted by molar-refractivity contribution is 0.102. The first kappa shape index (κ1) is 11.2. The first-order valence-corrected chi connectivity index (χ1v) is 5.65. The number of hydrogen-bond acceptors (Lipinski definition) is 5. The largest absolute Gasteiger partial charge is 0.285 e. The predicted octanol–water partition coefficient (Wildman–Crippen LogP) is 1.29. The molecule has 0 aliphatic heterocycles. The third kappa shape index (κ3) is 2.23. The van der Waals surface area contributed by atoms with E-state index in [0.29, 0.717) is 5.56 Å². The van der Waals surface area contributed by atoms with E-state index in [9.17, 15) is 4.79 Å². The third-order valence-electron chi connectivity index (χ3n) is 2.53. The number of carbonyl (C=O) groups is 1. The quantitative estimate of drug-likeness (QED) is 0.656. The molecule has 0 aliphatic carbocycles. The number of nitrogens with zero attached hydrogens (tertiary/aromatic N) is 5. The zero-order chi connectivity index (χ0) is 13.1. The van der Waals surface area contributed by atoms with Crippen molar-refractivity contribution in [1.29, 1.82) is 0 Å².